The molecular weight excluding hydrogens is 476 g/mol. The SMILES string of the molecule is Cc1nc2cc(F)c(Br)cn2c1CN1C(=O)[C@@H](C)Oc2c(F)cc(C3(O)COC3)cc21. The van der Waals surface area contributed by atoms with Crippen molar-refractivity contribution in [2.45, 2.75) is 32.1 Å². The Morgan fingerprint density at radius 2 is 2.03 bits per heavy atom. The first kappa shape index (κ1) is 20.3. The van der Waals surface area contributed by atoms with Gasteiger partial charge in [0.05, 0.1) is 41.3 Å². The molecule has 0 spiro atoms. The van der Waals surface area contributed by atoms with Crippen molar-refractivity contribution in [2.75, 3.05) is 18.1 Å². The molecule has 31 heavy (non-hydrogen) atoms. The highest BCUT2D eigenvalue weighted by molar-refractivity contribution is 9.10. The van der Waals surface area contributed by atoms with Crippen LogP contribution in [-0.2, 0) is 21.7 Å². The third-order valence-electron chi connectivity index (χ3n) is 5.71. The van der Waals surface area contributed by atoms with E-state index in [1.54, 1.807) is 30.5 Å². The number of aliphatic hydroxyl groups is 1. The summed E-state index contributed by atoms with van der Waals surface area (Å²) in [5.74, 6) is -1.54. The number of carbonyl (C=O) groups is 1. The van der Waals surface area contributed by atoms with Gasteiger partial charge in [-0.05, 0) is 47.5 Å². The van der Waals surface area contributed by atoms with Gasteiger partial charge >= 0.3 is 0 Å². The molecule has 1 amide bonds. The van der Waals surface area contributed by atoms with Crippen LogP contribution in [0.4, 0.5) is 14.5 Å². The summed E-state index contributed by atoms with van der Waals surface area (Å²) in [6.07, 6.45) is 0.646. The van der Waals surface area contributed by atoms with Gasteiger partial charge in [0, 0.05) is 12.3 Å². The zero-order valence-electron chi connectivity index (χ0n) is 16.7. The second-order valence-electron chi connectivity index (χ2n) is 7.86. The van der Waals surface area contributed by atoms with Crippen LogP contribution in [0, 0.1) is 18.6 Å². The molecule has 2 aliphatic rings. The van der Waals surface area contributed by atoms with Crippen molar-refractivity contribution < 1.29 is 28.2 Å². The van der Waals surface area contributed by atoms with E-state index in [0.717, 1.165) is 0 Å². The van der Waals surface area contributed by atoms with E-state index in [0.29, 0.717) is 22.6 Å². The third-order valence-corrected chi connectivity index (χ3v) is 6.30. The number of amides is 1. The Morgan fingerprint density at radius 3 is 2.71 bits per heavy atom. The number of hydrogen-bond acceptors (Lipinski definition) is 5. The van der Waals surface area contributed by atoms with E-state index in [1.807, 2.05) is 0 Å². The minimum Gasteiger partial charge on any atom is -0.476 e. The highest BCUT2D eigenvalue weighted by atomic mass is 79.9. The van der Waals surface area contributed by atoms with E-state index in [9.17, 15) is 18.7 Å². The van der Waals surface area contributed by atoms with Gasteiger partial charge in [-0.25, -0.2) is 13.8 Å². The molecule has 7 nitrogen and oxygen atoms in total. The molecule has 1 saturated heterocycles. The lowest BCUT2D eigenvalue weighted by atomic mass is 9.91. The largest absolute Gasteiger partial charge is 0.476 e. The van der Waals surface area contributed by atoms with E-state index < -0.39 is 23.3 Å². The molecule has 2 aliphatic heterocycles. The molecule has 0 unspecified atom stereocenters. The molecule has 162 valence electrons. The summed E-state index contributed by atoms with van der Waals surface area (Å²) in [6.45, 7) is 3.45. The van der Waals surface area contributed by atoms with Gasteiger partial charge in [-0.3, -0.25) is 9.69 Å². The van der Waals surface area contributed by atoms with Crippen LogP contribution in [-0.4, -0.2) is 39.7 Å². The zero-order chi connectivity index (χ0) is 22.1. The Kier molecular flexibility index (Phi) is 4.58. The number of aromatic nitrogens is 2. The fourth-order valence-electron chi connectivity index (χ4n) is 3.90. The zero-order valence-corrected chi connectivity index (χ0v) is 18.2. The molecular formula is C21H18BrF2N3O4. The summed E-state index contributed by atoms with van der Waals surface area (Å²) >= 11 is 3.17. The number of halogens is 3. The van der Waals surface area contributed by atoms with E-state index in [4.69, 9.17) is 9.47 Å². The maximum Gasteiger partial charge on any atom is 0.268 e. The second kappa shape index (κ2) is 6.98. The quantitative estimate of drug-likeness (QED) is 0.606. The molecule has 0 aliphatic carbocycles. The Balaban J connectivity index is 1.64. The van der Waals surface area contributed by atoms with Crippen molar-refractivity contribution in [3.05, 3.63) is 57.5 Å². The van der Waals surface area contributed by atoms with Crippen LogP contribution in [0.25, 0.3) is 5.65 Å². The summed E-state index contributed by atoms with van der Waals surface area (Å²) in [6, 6.07) is 4.06. The number of benzene rings is 1. The van der Waals surface area contributed by atoms with Gasteiger partial charge in [0.15, 0.2) is 17.7 Å². The molecule has 1 N–H and O–H groups in total. The summed E-state index contributed by atoms with van der Waals surface area (Å²) < 4.78 is 41.4. The monoisotopic (exact) mass is 493 g/mol. The van der Waals surface area contributed by atoms with Crippen LogP contribution in [0.2, 0.25) is 0 Å². The molecule has 2 aromatic heterocycles. The number of aryl methyl sites for hydroxylation is 1. The third kappa shape index (κ3) is 3.12. The van der Waals surface area contributed by atoms with Crippen molar-refractivity contribution in [1.82, 2.24) is 9.38 Å². The number of rotatable bonds is 3. The topological polar surface area (TPSA) is 76.3 Å². The molecule has 3 aromatic rings. The minimum absolute atomic E-state index is 0.0440. The van der Waals surface area contributed by atoms with Crippen LogP contribution in [0.15, 0.2) is 28.9 Å². The van der Waals surface area contributed by atoms with Crippen molar-refractivity contribution in [3.63, 3.8) is 0 Å². The van der Waals surface area contributed by atoms with E-state index in [1.165, 1.54) is 17.0 Å². The molecule has 1 aromatic carbocycles. The second-order valence-corrected chi connectivity index (χ2v) is 8.71. The van der Waals surface area contributed by atoms with Gasteiger partial charge in [-0.1, -0.05) is 0 Å². The number of imidazole rings is 1. The van der Waals surface area contributed by atoms with Gasteiger partial charge in [0.2, 0.25) is 0 Å². The standard InChI is InChI=1S/C21H18BrF2N3O4/c1-10-17(26-6-13(22)14(23)5-18(26)25-10)7-27-16-4-12(21(29)8-30-9-21)3-15(24)19(16)31-11(2)20(27)28/h3-6,11,29H,7-9H2,1-2H3/t11-/m1/s1. The van der Waals surface area contributed by atoms with Crippen LogP contribution >= 0.6 is 15.9 Å². The first-order valence-electron chi connectivity index (χ1n) is 9.63. The molecule has 0 saturated carbocycles. The Hall–Kier alpha value is -2.56. The fraction of sp³-hybridized carbons (Fsp3) is 0.333. The molecule has 1 fully saturated rings. The smallest absolute Gasteiger partial charge is 0.268 e. The number of carbonyl (C=O) groups excluding carboxylic acids is 1. The number of anilines is 1. The molecule has 4 heterocycles. The summed E-state index contributed by atoms with van der Waals surface area (Å²) in [5.41, 5.74) is 0.854. The van der Waals surface area contributed by atoms with Gasteiger partial charge < -0.3 is 19.0 Å². The number of pyridine rings is 1. The van der Waals surface area contributed by atoms with E-state index in [-0.39, 0.29) is 41.6 Å². The number of fused-ring (bicyclic) bond motifs is 2. The average molecular weight is 494 g/mol. The normalized spacial score (nSPS) is 19.9. The number of hydrogen-bond donors (Lipinski definition) is 1. The molecule has 0 radical (unpaired) electrons. The lowest BCUT2D eigenvalue weighted by Crippen LogP contribution is -2.48. The van der Waals surface area contributed by atoms with Gasteiger partial charge in [0.25, 0.3) is 5.91 Å². The molecule has 5 rings (SSSR count). The van der Waals surface area contributed by atoms with Gasteiger partial charge in [-0.15, -0.1) is 0 Å². The first-order chi connectivity index (χ1) is 14.7. The van der Waals surface area contributed by atoms with Crippen LogP contribution in [0.3, 0.4) is 0 Å². The highest BCUT2D eigenvalue weighted by Crippen LogP contribution is 2.42. The van der Waals surface area contributed by atoms with Crippen LogP contribution < -0.4 is 9.64 Å². The molecule has 1 atom stereocenters. The Labute approximate surface area is 184 Å². The fourth-order valence-corrected chi connectivity index (χ4v) is 4.22. The first-order valence-corrected chi connectivity index (χ1v) is 10.4. The van der Waals surface area contributed by atoms with E-state index >= 15 is 0 Å². The van der Waals surface area contributed by atoms with Gasteiger partial charge in [-0.2, -0.15) is 0 Å². The lowest BCUT2D eigenvalue weighted by molar-refractivity contribution is -0.184. The number of ether oxygens (including phenoxy) is 2. The van der Waals surface area contributed by atoms with Crippen molar-refractivity contribution >= 4 is 33.2 Å². The maximum absolute atomic E-state index is 14.9. The molecule has 0 bridgehead atoms. The maximum atomic E-state index is 14.9. The number of nitrogens with zero attached hydrogens (tertiary/aromatic N) is 3. The average Bonchev–Trinajstić information content (AvgIpc) is 2.98. The summed E-state index contributed by atoms with van der Waals surface area (Å²) in [7, 11) is 0. The van der Waals surface area contributed by atoms with Crippen molar-refractivity contribution in [3.8, 4) is 5.75 Å². The van der Waals surface area contributed by atoms with E-state index in [2.05, 4.69) is 20.9 Å². The lowest BCUT2D eigenvalue weighted by Gasteiger charge is -2.39. The van der Waals surface area contributed by atoms with Crippen molar-refractivity contribution in [2.24, 2.45) is 0 Å². The summed E-state index contributed by atoms with van der Waals surface area (Å²) in [4.78, 5) is 18.8. The van der Waals surface area contributed by atoms with Crippen molar-refractivity contribution in [1.29, 1.82) is 0 Å². The molecule has 10 heteroatoms. The highest BCUT2D eigenvalue weighted by Gasteiger charge is 2.41. The minimum atomic E-state index is -1.31. The van der Waals surface area contributed by atoms with Crippen LogP contribution in [0.5, 0.6) is 5.75 Å². The van der Waals surface area contributed by atoms with Gasteiger partial charge in [0.1, 0.15) is 17.1 Å². The predicted octanol–water partition coefficient (Wildman–Crippen LogP) is 3.22. The summed E-state index contributed by atoms with van der Waals surface area (Å²) in [5, 5.41) is 10.6. The van der Waals surface area contributed by atoms with Crippen LogP contribution in [0.1, 0.15) is 23.9 Å². The Morgan fingerprint density at radius 1 is 1.29 bits per heavy atom. The predicted molar refractivity (Wildman–Crippen MR) is 110 cm³/mol. The Bertz CT molecular complexity index is 1240.